The number of imidazole rings is 1. The number of aliphatic hydroxyl groups is 1. The SMILES string of the molecule is CCCC[C@H](NC(=O)O[C@H](c1nc2c(OCC)ccc(OCC)c2n1C)C(C)(C)C)[C@H](O)C(=O)Nc1ccn[nH]1. The lowest BCUT2D eigenvalue weighted by Gasteiger charge is -2.31. The molecule has 40 heavy (non-hydrogen) atoms. The van der Waals surface area contributed by atoms with Crippen molar-refractivity contribution in [1.82, 2.24) is 25.1 Å². The van der Waals surface area contributed by atoms with Crippen molar-refractivity contribution < 1.29 is 28.9 Å². The largest absolute Gasteiger partial charge is 0.492 e. The van der Waals surface area contributed by atoms with E-state index in [1.165, 1.54) is 6.20 Å². The molecule has 0 bridgehead atoms. The smallest absolute Gasteiger partial charge is 0.408 e. The Labute approximate surface area is 234 Å². The molecule has 0 aliphatic rings. The van der Waals surface area contributed by atoms with Gasteiger partial charge in [0.25, 0.3) is 5.91 Å². The number of anilines is 1. The molecule has 2 amide bonds. The van der Waals surface area contributed by atoms with E-state index in [1.54, 1.807) is 6.07 Å². The summed E-state index contributed by atoms with van der Waals surface area (Å²) in [6.45, 7) is 12.6. The quantitative estimate of drug-likeness (QED) is 0.240. The molecule has 4 N–H and O–H groups in total. The van der Waals surface area contributed by atoms with Crippen molar-refractivity contribution in [3.63, 3.8) is 0 Å². The van der Waals surface area contributed by atoms with E-state index in [1.807, 2.05) is 65.3 Å². The first-order valence-electron chi connectivity index (χ1n) is 13.7. The van der Waals surface area contributed by atoms with Crippen LogP contribution in [0, 0.1) is 5.41 Å². The van der Waals surface area contributed by atoms with Gasteiger partial charge in [-0.3, -0.25) is 9.89 Å². The van der Waals surface area contributed by atoms with Gasteiger partial charge in [-0.25, -0.2) is 9.78 Å². The predicted octanol–water partition coefficient (Wildman–Crippen LogP) is 4.47. The number of amides is 2. The van der Waals surface area contributed by atoms with Crippen LogP contribution in [0.15, 0.2) is 24.4 Å². The maximum Gasteiger partial charge on any atom is 0.408 e. The number of aliphatic hydroxyl groups excluding tert-OH is 1. The maximum absolute atomic E-state index is 13.3. The maximum atomic E-state index is 13.3. The molecule has 12 nitrogen and oxygen atoms in total. The van der Waals surface area contributed by atoms with Gasteiger partial charge < -0.3 is 34.5 Å². The lowest BCUT2D eigenvalue weighted by Crippen LogP contribution is -2.49. The number of aryl methyl sites for hydroxylation is 1. The topological polar surface area (TPSA) is 153 Å². The molecule has 2 aromatic heterocycles. The van der Waals surface area contributed by atoms with Gasteiger partial charge in [0.15, 0.2) is 18.0 Å². The van der Waals surface area contributed by atoms with Crippen molar-refractivity contribution in [3.05, 3.63) is 30.2 Å². The summed E-state index contributed by atoms with van der Waals surface area (Å²) in [4.78, 5) is 30.8. The molecule has 3 rings (SSSR count). The van der Waals surface area contributed by atoms with Crippen molar-refractivity contribution in [2.45, 2.75) is 79.1 Å². The number of carbonyl (C=O) groups is 2. The molecule has 2 heterocycles. The number of benzene rings is 1. The first-order chi connectivity index (χ1) is 19.0. The minimum atomic E-state index is -1.51. The Morgan fingerprint density at radius 1 is 1.10 bits per heavy atom. The summed E-state index contributed by atoms with van der Waals surface area (Å²) in [6, 6.07) is 4.36. The summed E-state index contributed by atoms with van der Waals surface area (Å²) in [5.74, 6) is 1.43. The highest BCUT2D eigenvalue weighted by molar-refractivity contribution is 5.94. The number of rotatable bonds is 13. The monoisotopic (exact) mass is 558 g/mol. The van der Waals surface area contributed by atoms with E-state index in [4.69, 9.17) is 19.2 Å². The molecule has 0 saturated carbocycles. The van der Waals surface area contributed by atoms with E-state index in [-0.39, 0.29) is 0 Å². The van der Waals surface area contributed by atoms with Gasteiger partial charge in [0.1, 0.15) is 28.4 Å². The zero-order valence-corrected chi connectivity index (χ0v) is 24.4. The molecular weight excluding hydrogens is 516 g/mol. The number of aromatic amines is 1. The Bertz CT molecular complexity index is 1270. The Balaban J connectivity index is 1.90. The molecule has 12 heteroatoms. The van der Waals surface area contributed by atoms with Crippen molar-refractivity contribution in [2.24, 2.45) is 12.5 Å². The highest BCUT2D eigenvalue weighted by Gasteiger charge is 2.36. The number of aromatic nitrogens is 4. The van der Waals surface area contributed by atoms with E-state index in [0.29, 0.717) is 54.7 Å². The normalized spacial score (nSPS) is 13.9. The van der Waals surface area contributed by atoms with Crippen LogP contribution in [0.3, 0.4) is 0 Å². The van der Waals surface area contributed by atoms with Gasteiger partial charge in [0, 0.05) is 18.5 Å². The Morgan fingerprint density at radius 3 is 2.38 bits per heavy atom. The molecule has 1 aromatic carbocycles. The number of nitrogens with one attached hydrogen (secondary N) is 3. The number of alkyl carbamates (subject to hydrolysis) is 1. The van der Waals surface area contributed by atoms with Crippen LogP contribution >= 0.6 is 0 Å². The van der Waals surface area contributed by atoms with Crippen LogP contribution in [-0.4, -0.2) is 62.2 Å². The number of nitrogens with zero attached hydrogens (tertiary/aromatic N) is 3. The number of fused-ring (bicyclic) bond motifs is 1. The Hall–Kier alpha value is -3.80. The van der Waals surface area contributed by atoms with Gasteiger partial charge in [-0.05, 0) is 32.4 Å². The van der Waals surface area contributed by atoms with E-state index < -0.39 is 35.7 Å². The molecule has 0 aliphatic heterocycles. The predicted molar refractivity (Wildman–Crippen MR) is 151 cm³/mol. The van der Waals surface area contributed by atoms with Crippen LogP contribution < -0.4 is 20.1 Å². The van der Waals surface area contributed by atoms with Crippen molar-refractivity contribution in [1.29, 1.82) is 0 Å². The average Bonchev–Trinajstić information content (AvgIpc) is 3.53. The second-order valence-corrected chi connectivity index (χ2v) is 10.6. The molecule has 0 fully saturated rings. The number of hydrogen-bond acceptors (Lipinski definition) is 8. The van der Waals surface area contributed by atoms with Gasteiger partial charge >= 0.3 is 6.09 Å². The molecule has 0 saturated heterocycles. The van der Waals surface area contributed by atoms with Crippen molar-refractivity contribution in [3.8, 4) is 11.5 Å². The second kappa shape index (κ2) is 13.5. The van der Waals surface area contributed by atoms with Gasteiger partial charge in [0.2, 0.25) is 0 Å². The van der Waals surface area contributed by atoms with E-state index >= 15 is 0 Å². The van der Waals surface area contributed by atoms with Gasteiger partial charge in [-0.1, -0.05) is 40.5 Å². The molecule has 3 atom stereocenters. The van der Waals surface area contributed by atoms with E-state index in [9.17, 15) is 14.7 Å². The molecule has 0 unspecified atom stereocenters. The first kappa shape index (κ1) is 30.7. The summed E-state index contributed by atoms with van der Waals surface area (Å²) in [6.07, 6.45) is 0.311. The molecular formula is C28H42N6O6. The summed E-state index contributed by atoms with van der Waals surface area (Å²) in [7, 11) is 1.84. The number of hydrogen-bond donors (Lipinski definition) is 4. The van der Waals surface area contributed by atoms with Crippen molar-refractivity contribution in [2.75, 3.05) is 18.5 Å². The fourth-order valence-electron chi connectivity index (χ4n) is 4.41. The van der Waals surface area contributed by atoms with Gasteiger partial charge in [-0.2, -0.15) is 5.10 Å². The third-order valence-corrected chi connectivity index (χ3v) is 6.41. The van der Waals surface area contributed by atoms with Crippen LogP contribution in [0.1, 0.15) is 72.7 Å². The number of ether oxygens (including phenoxy) is 3. The summed E-state index contributed by atoms with van der Waals surface area (Å²) in [5.41, 5.74) is 0.780. The molecule has 0 spiro atoms. The Morgan fingerprint density at radius 2 is 1.77 bits per heavy atom. The second-order valence-electron chi connectivity index (χ2n) is 10.6. The van der Waals surface area contributed by atoms with Gasteiger partial charge in [-0.15, -0.1) is 0 Å². The van der Waals surface area contributed by atoms with Crippen LogP contribution in [0.5, 0.6) is 11.5 Å². The fraction of sp³-hybridized carbons (Fsp3) is 0.571. The molecule has 3 aromatic rings. The van der Waals surface area contributed by atoms with Gasteiger partial charge in [0.05, 0.1) is 25.5 Å². The molecule has 0 radical (unpaired) electrons. The third kappa shape index (κ3) is 7.23. The number of carbonyl (C=O) groups excluding carboxylic acids is 2. The fourth-order valence-corrected chi connectivity index (χ4v) is 4.41. The zero-order chi connectivity index (χ0) is 29.4. The molecule has 0 aliphatic carbocycles. The van der Waals surface area contributed by atoms with E-state index in [2.05, 4.69) is 20.8 Å². The highest BCUT2D eigenvalue weighted by Crippen LogP contribution is 2.40. The summed E-state index contributed by atoms with van der Waals surface area (Å²) in [5, 5.41) is 22.5. The van der Waals surface area contributed by atoms with Crippen LogP contribution in [0.25, 0.3) is 11.0 Å². The van der Waals surface area contributed by atoms with Crippen molar-refractivity contribution >= 4 is 28.9 Å². The minimum absolute atomic E-state index is 0.341. The standard InChI is InChI=1S/C28H42N6O6/c1-8-11-12-17(23(35)26(36)31-20-15-16-29-33-20)30-27(37)40-24(28(4,5)6)25-32-21-18(38-9-2)13-14-19(39-10-3)22(21)34(25)7/h13-17,23-24,35H,8-12H2,1-7H3,(H,30,37)(H2,29,31,33,36)/t17-,23-,24+/m0/s1. The average molecular weight is 559 g/mol. The lowest BCUT2D eigenvalue weighted by molar-refractivity contribution is -0.125. The summed E-state index contributed by atoms with van der Waals surface area (Å²) >= 11 is 0. The first-order valence-corrected chi connectivity index (χ1v) is 13.7. The zero-order valence-electron chi connectivity index (χ0n) is 24.4. The third-order valence-electron chi connectivity index (χ3n) is 6.41. The highest BCUT2D eigenvalue weighted by atomic mass is 16.6. The minimum Gasteiger partial charge on any atom is -0.492 e. The lowest BCUT2D eigenvalue weighted by atomic mass is 9.88. The Kier molecular flexibility index (Phi) is 10.4. The summed E-state index contributed by atoms with van der Waals surface area (Å²) < 4.78 is 19.5. The number of H-pyrrole nitrogens is 1. The van der Waals surface area contributed by atoms with Crippen LogP contribution in [-0.2, 0) is 16.6 Å². The number of unbranched alkanes of at least 4 members (excludes halogenated alkanes) is 1. The van der Waals surface area contributed by atoms with Crippen LogP contribution in [0.4, 0.5) is 10.6 Å². The van der Waals surface area contributed by atoms with Crippen LogP contribution in [0.2, 0.25) is 0 Å². The van der Waals surface area contributed by atoms with E-state index in [0.717, 1.165) is 11.9 Å². The molecule has 220 valence electrons.